The van der Waals surface area contributed by atoms with Gasteiger partial charge in [-0.05, 0) is 12.1 Å². The van der Waals surface area contributed by atoms with Gasteiger partial charge in [-0.2, -0.15) is 0 Å². The smallest absolute Gasteiger partial charge is 0.330 e. The Labute approximate surface area is 91.2 Å². The molecule has 0 radical (unpaired) electrons. The molecule has 1 unspecified atom stereocenters. The molecule has 0 spiro atoms. The number of ether oxygens (including phenoxy) is 1. The van der Waals surface area contributed by atoms with Gasteiger partial charge in [-0.15, -0.1) is 0 Å². The normalized spacial score (nSPS) is 12.6. The van der Waals surface area contributed by atoms with Crippen LogP contribution in [0.1, 0.15) is 0 Å². The quantitative estimate of drug-likeness (QED) is 0.576. The maximum atomic E-state index is 11.6. The third-order valence-corrected chi connectivity index (χ3v) is 3.00. The molecular formula is C11H12O3S. The van der Waals surface area contributed by atoms with Crippen LogP contribution >= 0.6 is 0 Å². The lowest BCUT2D eigenvalue weighted by Crippen LogP contribution is -1.98. The molecule has 4 heteroatoms. The summed E-state index contributed by atoms with van der Waals surface area (Å²) in [5.74, 6) is -0.112. The summed E-state index contributed by atoms with van der Waals surface area (Å²) in [6.07, 6.45) is 2.83. The highest BCUT2D eigenvalue weighted by Crippen LogP contribution is 2.05. The van der Waals surface area contributed by atoms with E-state index in [1.165, 1.54) is 13.2 Å². The Morgan fingerprint density at radius 1 is 1.40 bits per heavy atom. The number of benzene rings is 1. The van der Waals surface area contributed by atoms with Gasteiger partial charge in [0.15, 0.2) is 0 Å². The van der Waals surface area contributed by atoms with Crippen LogP contribution in [0.2, 0.25) is 0 Å². The Kier molecular flexibility index (Phi) is 4.77. The second-order valence-electron chi connectivity index (χ2n) is 2.75. The van der Waals surface area contributed by atoms with Crippen molar-refractivity contribution < 1.29 is 13.7 Å². The Bertz CT molecular complexity index is 371. The molecule has 0 heterocycles. The van der Waals surface area contributed by atoms with Crippen molar-refractivity contribution in [3.63, 3.8) is 0 Å². The van der Waals surface area contributed by atoms with E-state index in [0.29, 0.717) is 5.75 Å². The number of rotatable bonds is 4. The summed E-state index contributed by atoms with van der Waals surface area (Å²) >= 11 is 0. The lowest BCUT2D eigenvalue weighted by molar-refractivity contribution is -0.134. The minimum absolute atomic E-state index is 0.319. The number of methoxy groups -OCH3 is 1. The standard InChI is InChI=1S/C11H12O3S/c1-14-11(12)8-5-9-15(13)10-6-3-2-4-7-10/h2-8H,9H2,1H3/i2+1. The second-order valence-corrected chi connectivity index (χ2v) is 4.25. The Morgan fingerprint density at radius 2 is 2.07 bits per heavy atom. The molecule has 0 amide bonds. The fourth-order valence-corrected chi connectivity index (χ4v) is 1.89. The van der Waals surface area contributed by atoms with E-state index in [1.807, 2.05) is 18.2 Å². The summed E-state index contributed by atoms with van der Waals surface area (Å²) in [6.45, 7) is 0. The highest BCUT2D eigenvalue weighted by atomic mass is 32.2. The number of carbonyl (C=O) groups is 1. The van der Waals surface area contributed by atoms with Crippen molar-refractivity contribution in [3.05, 3.63) is 42.5 Å². The Balaban J connectivity index is 2.51. The van der Waals surface area contributed by atoms with E-state index in [-0.39, 0.29) is 0 Å². The van der Waals surface area contributed by atoms with Gasteiger partial charge >= 0.3 is 5.97 Å². The molecule has 0 saturated carbocycles. The lowest BCUT2D eigenvalue weighted by atomic mass is 10.5. The largest absolute Gasteiger partial charge is 0.466 e. The molecule has 0 N–H and O–H groups in total. The van der Waals surface area contributed by atoms with Gasteiger partial charge in [0.25, 0.3) is 0 Å². The highest BCUT2D eigenvalue weighted by molar-refractivity contribution is 7.85. The van der Waals surface area contributed by atoms with Crippen molar-refractivity contribution in [2.75, 3.05) is 12.9 Å². The van der Waals surface area contributed by atoms with Gasteiger partial charge in [-0.1, -0.05) is 24.3 Å². The predicted octanol–water partition coefficient (Wildman–Crippen LogP) is 1.52. The van der Waals surface area contributed by atoms with Gasteiger partial charge in [0.1, 0.15) is 0 Å². The molecule has 1 atom stereocenters. The number of carbonyl (C=O) groups excluding carboxylic acids is 1. The third kappa shape index (κ3) is 4.08. The molecule has 0 aliphatic carbocycles. The molecule has 0 aromatic heterocycles. The molecular weight excluding hydrogens is 213 g/mol. The molecule has 0 aliphatic rings. The van der Waals surface area contributed by atoms with Crippen LogP contribution in [0.4, 0.5) is 0 Å². The molecule has 3 nitrogen and oxygen atoms in total. The fourth-order valence-electron chi connectivity index (χ4n) is 0.968. The highest BCUT2D eigenvalue weighted by Gasteiger charge is 2.00. The first-order valence-corrected chi connectivity index (χ1v) is 5.74. The zero-order valence-electron chi connectivity index (χ0n) is 8.38. The van der Waals surface area contributed by atoms with Crippen LogP contribution in [0.25, 0.3) is 0 Å². The zero-order chi connectivity index (χ0) is 11.1. The van der Waals surface area contributed by atoms with E-state index in [4.69, 9.17) is 0 Å². The van der Waals surface area contributed by atoms with Crippen molar-refractivity contribution in [3.8, 4) is 0 Å². The van der Waals surface area contributed by atoms with Crippen LogP contribution in [0.15, 0.2) is 47.4 Å². The molecule has 1 aromatic carbocycles. The van der Waals surface area contributed by atoms with E-state index >= 15 is 0 Å². The third-order valence-electron chi connectivity index (χ3n) is 1.71. The average Bonchev–Trinajstić information content (AvgIpc) is 2.29. The SMILES string of the molecule is COC(=O)C=CCS(=O)c1cc[13cH]cc1. The van der Waals surface area contributed by atoms with Gasteiger partial charge in [-0.25, -0.2) is 4.79 Å². The summed E-state index contributed by atoms with van der Waals surface area (Å²) in [7, 11) is 0.210. The average molecular weight is 225 g/mol. The first-order valence-electron chi connectivity index (χ1n) is 4.42. The molecule has 1 aromatic rings. The van der Waals surface area contributed by atoms with Crippen LogP contribution < -0.4 is 0 Å². The molecule has 80 valence electrons. The Morgan fingerprint density at radius 3 is 2.67 bits per heavy atom. The molecule has 0 fully saturated rings. The maximum absolute atomic E-state index is 11.6. The van der Waals surface area contributed by atoms with Crippen LogP contribution in [0.3, 0.4) is 0 Å². The number of hydrogen-bond acceptors (Lipinski definition) is 3. The number of esters is 1. The van der Waals surface area contributed by atoms with Gasteiger partial charge in [-0.3, -0.25) is 4.21 Å². The van der Waals surface area contributed by atoms with Crippen molar-refractivity contribution >= 4 is 16.8 Å². The van der Waals surface area contributed by atoms with Gasteiger partial charge in [0.2, 0.25) is 0 Å². The van der Waals surface area contributed by atoms with Gasteiger partial charge in [0, 0.05) is 16.7 Å². The van der Waals surface area contributed by atoms with E-state index in [2.05, 4.69) is 4.74 Å². The minimum Gasteiger partial charge on any atom is -0.466 e. The summed E-state index contributed by atoms with van der Waals surface area (Å²) in [4.78, 5) is 11.5. The van der Waals surface area contributed by atoms with E-state index in [0.717, 1.165) is 4.90 Å². The van der Waals surface area contributed by atoms with Crippen LogP contribution in [-0.2, 0) is 20.3 Å². The Hall–Kier alpha value is -1.42. The summed E-state index contributed by atoms with van der Waals surface area (Å²) in [5, 5.41) is 0. The topological polar surface area (TPSA) is 43.4 Å². The van der Waals surface area contributed by atoms with Crippen LogP contribution in [-0.4, -0.2) is 23.0 Å². The molecule has 15 heavy (non-hydrogen) atoms. The second kappa shape index (κ2) is 6.14. The first kappa shape index (κ1) is 11.7. The van der Waals surface area contributed by atoms with E-state index < -0.39 is 16.8 Å². The van der Waals surface area contributed by atoms with Gasteiger partial charge < -0.3 is 4.74 Å². The van der Waals surface area contributed by atoms with Crippen LogP contribution in [0, 0.1) is 0 Å². The fraction of sp³-hybridized carbons (Fsp3) is 0.182. The van der Waals surface area contributed by atoms with E-state index in [1.54, 1.807) is 18.2 Å². The summed E-state index contributed by atoms with van der Waals surface area (Å²) < 4.78 is 16.0. The molecule has 0 aliphatic heterocycles. The zero-order valence-corrected chi connectivity index (χ0v) is 9.20. The minimum atomic E-state index is -1.10. The summed E-state index contributed by atoms with van der Waals surface area (Å²) in [6, 6.07) is 9.11. The monoisotopic (exact) mass is 225 g/mol. The van der Waals surface area contributed by atoms with E-state index in [9.17, 15) is 9.00 Å². The van der Waals surface area contributed by atoms with Crippen molar-refractivity contribution in [2.45, 2.75) is 4.90 Å². The molecule has 0 bridgehead atoms. The van der Waals surface area contributed by atoms with Crippen molar-refractivity contribution in [1.82, 2.24) is 0 Å². The summed E-state index contributed by atoms with van der Waals surface area (Å²) in [5.41, 5.74) is 0. The lowest BCUT2D eigenvalue weighted by Gasteiger charge is -1.97. The van der Waals surface area contributed by atoms with Crippen molar-refractivity contribution in [1.29, 1.82) is 0 Å². The first-order chi connectivity index (χ1) is 7.24. The van der Waals surface area contributed by atoms with Crippen molar-refractivity contribution in [2.24, 2.45) is 0 Å². The molecule has 0 saturated heterocycles. The van der Waals surface area contributed by atoms with Crippen LogP contribution in [0.5, 0.6) is 0 Å². The predicted molar refractivity (Wildman–Crippen MR) is 58.9 cm³/mol. The number of hydrogen-bond donors (Lipinski definition) is 0. The van der Waals surface area contributed by atoms with Gasteiger partial charge in [0.05, 0.1) is 17.9 Å². The molecule has 1 rings (SSSR count). The maximum Gasteiger partial charge on any atom is 0.330 e.